The van der Waals surface area contributed by atoms with Crippen LogP contribution in [0.1, 0.15) is 73.1 Å². The van der Waals surface area contributed by atoms with Gasteiger partial charge in [-0.1, -0.05) is 51.0 Å². The molecule has 4 rings (SSSR count). The molecule has 3 atom stereocenters. The molecule has 33 heavy (non-hydrogen) atoms. The number of allylic oxidation sites excluding steroid dienone is 4. The summed E-state index contributed by atoms with van der Waals surface area (Å²) in [6.07, 6.45) is 16.2. The highest BCUT2D eigenvalue weighted by atomic mass is 16.6. The lowest BCUT2D eigenvalue weighted by molar-refractivity contribution is -0.647. The Morgan fingerprint density at radius 1 is 1.30 bits per heavy atom. The summed E-state index contributed by atoms with van der Waals surface area (Å²) in [7, 11) is 3.55. The van der Waals surface area contributed by atoms with Crippen molar-refractivity contribution in [2.24, 2.45) is 29.7 Å². The van der Waals surface area contributed by atoms with E-state index < -0.39 is 0 Å². The summed E-state index contributed by atoms with van der Waals surface area (Å²) in [6.45, 7) is 13.0. The Kier molecular flexibility index (Phi) is 6.68. The Morgan fingerprint density at radius 3 is 2.85 bits per heavy atom. The molecule has 2 aliphatic rings. The van der Waals surface area contributed by atoms with Crippen molar-refractivity contribution in [3.05, 3.63) is 41.4 Å². The number of nitrogens with zero attached hydrogens (tertiary/aromatic N) is 5. The van der Waals surface area contributed by atoms with E-state index in [2.05, 4.69) is 73.1 Å². The highest BCUT2D eigenvalue weighted by molar-refractivity contribution is 5.81. The second-order valence-electron chi connectivity index (χ2n) is 11.2. The fourth-order valence-electron chi connectivity index (χ4n) is 6.23. The second-order valence-corrected chi connectivity index (χ2v) is 11.2. The topological polar surface area (TPSA) is 57.9 Å². The monoisotopic (exact) mass is 451 g/mol. The van der Waals surface area contributed by atoms with Gasteiger partial charge in [-0.3, -0.25) is 4.57 Å². The molecule has 1 fully saturated rings. The van der Waals surface area contributed by atoms with Crippen LogP contribution in [0.5, 0.6) is 0 Å². The Morgan fingerprint density at radius 2 is 2.09 bits per heavy atom. The van der Waals surface area contributed by atoms with Crippen LogP contribution in [0.3, 0.4) is 0 Å². The maximum atomic E-state index is 5.00. The predicted octanol–water partition coefficient (Wildman–Crippen LogP) is 6.35. The molecule has 0 aromatic carbocycles. The van der Waals surface area contributed by atoms with Gasteiger partial charge in [0.2, 0.25) is 0 Å². The minimum atomic E-state index is 0.306. The average Bonchev–Trinajstić information content (AvgIpc) is 3.10. The molecule has 0 N–H and O–H groups in total. The molecule has 2 aromatic rings. The van der Waals surface area contributed by atoms with E-state index in [1.807, 2.05) is 11.6 Å². The maximum absolute atomic E-state index is 5.00. The number of rotatable bonds is 7. The third-order valence-corrected chi connectivity index (χ3v) is 8.68. The van der Waals surface area contributed by atoms with Crippen LogP contribution in [0.25, 0.3) is 16.6 Å². The van der Waals surface area contributed by atoms with Gasteiger partial charge in [0.25, 0.3) is 0 Å². The van der Waals surface area contributed by atoms with Gasteiger partial charge in [-0.2, -0.15) is 0 Å². The van der Waals surface area contributed by atoms with E-state index in [0.717, 1.165) is 36.0 Å². The quantitative estimate of drug-likeness (QED) is 0.280. The smallest absolute Gasteiger partial charge is 0.300 e. The van der Waals surface area contributed by atoms with Crippen molar-refractivity contribution in [2.75, 3.05) is 7.11 Å². The van der Waals surface area contributed by atoms with Gasteiger partial charge in [-0.05, 0) is 68.1 Å². The molecule has 0 spiro atoms. The Balaban J connectivity index is 1.51. The second kappa shape index (κ2) is 9.21. The fraction of sp³-hybridized carbons (Fsp3) is 0.667. The molecule has 0 saturated heterocycles. The summed E-state index contributed by atoms with van der Waals surface area (Å²) in [6, 6.07) is 0. The van der Waals surface area contributed by atoms with E-state index in [1.165, 1.54) is 44.0 Å². The molecule has 0 aliphatic heterocycles. The van der Waals surface area contributed by atoms with Crippen LogP contribution in [-0.2, 0) is 18.4 Å². The standard InChI is InChI=1S/C27H41N5O/c1-19(13-16-32-18-31(6)25-23(32)24(30-33-7)28-17-29-25)12-15-27(5)20(2)10-11-21-22(27)9-8-14-26(21,3)4/h9,13,17-18,20-21H,8,10-12,14-16H2,1-7H3/b19-13+/t20-,21+,27+/m1/s1. The summed E-state index contributed by atoms with van der Waals surface area (Å²) in [5.41, 5.74) is 9.79. The van der Waals surface area contributed by atoms with Crippen molar-refractivity contribution in [2.45, 2.75) is 79.7 Å². The van der Waals surface area contributed by atoms with Crippen molar-refractivity contribution in [1.82, 2.24) is 14.5 Å². The van der Waals surface area contributed by atoms with Crippen LogP contribution in [0.4, 0.5) is 5.82 Å². The summed E-state index contributed by atoms with van der Waals surface area (Å²) >= 11 is 0. The van der Waals surface area contributed by atoms with Gasteiger partial charge >= 0.3 is 5.65 Å². The first-order chi connectivity index (χ1) is 15.7. The molecule has 0 bridgehead atoms. The SMILES string of the molecule is CO[N-]c1ncnc2c1n(C/C=C(\C)CC[C@]1(C)C3=CCCC(C)(C)[C@H]3CC[C@H]1C)c[n+]2C. The molecule has 2 aliphatic carbocycles. The third-order valence-electron chi connectivity index (χ3n) is 8.68. The van der Waals surface area contributed by atoms with Crippen LogP contribution in [0.15, 0.2) is 36.0 Å². The first-order valence-electron chi connectivity index (χ1n) is 12.5. The lowest BCUT2D eigenvalue weighted by Crippen LogP contribution is -2.43. The normalized spacial score (nSPS) is 27.4. The largest absolute Gasteiger partial charge is 0.407 e. The Labute approximate surface area is 199 Å². The molecule has 2 heterocycles. The zero-order chi connectivity index (χ0) is 23.8. The van der Waals surface area contributed by atoms with Crippen molar-refractivity contribution in [1.29, 1.82) is 0 Å². The number of hydrogen-bond acceptors (Lipinski definition) is 3. The summed E-state index contributed by atoms with van der Waals surface area (Å²) < 4.78 is 4.17. The minimum absolute atomic E-state index is 0.306. The van der Waals surface area contributed by atoms with Gasteiger partial charge in [0.15, 0.2) is 11.8 Å². The van der Waals surface area contributed by atoms with Gasteiger partial charge in [-0.15, -0.1) is 4.98 Å². The van der Waals surface area contributed by atoms with Crippen LogP contribution in [0.2, 0.25) is 0 Å². The molecule has 0 amide bonds. The molecule has 180 valence electrons. The predicted molar refractivity (Wildman–Crippen MR) is 133 cm³/mol. The van der Waals surface area contributed by atoms with E-state index in [4.69, 9.17) is 4.84 Å². The van der Waals surface area contributed by atoms with Gasteiger partial charge in [0.05, 0.1) is 19.9 Å². The molecule has 6 nitrogen and oxygen atoms in total. The van der Waals surface area contributed by atoms with Crippen LogP contribution in [0, 0.1) is 22.7 Å². The number of fused-ring (bicyclic) bond motifs is 2. The van der Waals surface area contributed by atoms with Crippen LogP contribution < -0.4 is 4.57 Å². The third kappa shape index (κ3) is 4.46. The van der Waals surface area contributed by atoms with E-state index >= 15 is 0 Å². The van der Waals surface area contributed by atoms with Crippen molar-refractivity contribution in [3.8, 4) is 0 Å². The van der Waals surface area contributed by atoms with E-state index in [1.54, 1.807) is 12.7 Å². The molecular formula is C27H41N5O. The molecular weight excluding hydrogens is 410 g/mol. The highest BCUT2D eigenvalue weighted by Crippen LogP contribution is 2.58. The Bertz CT molecular complexity index is 1070. The number of imidazole rings is 1. The molecule has 0 unspecified atom stereocenters. The van der Waals surface area contributed by atoms with Crippen molar-refractivity contribution >= 4 is 17.0 Å². The van der Waals surface area contributed by atoms with Crippen LogP contribution >= 0.6 is 0 Å². The first kappa shape index (κ1) is 23.9. The van der Waals surface area contributed by atoms with Gasteiger partial charge in [0, 0.05) is 12.9 Å². The molecule has 6 heteroatoms. The van der Waals surface area contributed by atoms with Crippen LogP contribution in [-0.4, -0.2) is 21.6 Å². The lowest BCUT2D eigenvalue weighted by Gasteiger charge is -2.53. The molecule has 0 radical (unpaired) electrons. The minimum Gasteiger partial charge on any atom is -0.407 e. The number of aryl methyl sites for hydroxylation is 1. The summed E-state index contributed by atoms with van der Waals surface area (Å²) in [5.74, 6) is 2.06. The zero-order valence-corrected chi connectivity index (χ0v) is 21.6. The van der Waals surface area contributed by atoms with E-state index in [-0.39, 0.29) is 0 Å². The van der Waals surface area contributed by atoms with Crippen molar-refractivity contribution < 1.29 is 9.40 Å². The van der Waals surface area contributed by atoms with E-state index in [9.17, 15) is 0 Å². The van der Waals surface area contributed by atoms with Gasteiger partial charge < -0.3 is 15.3 Å². The number of aromatic nitrogens is 4. The lowest BCUT2D eigenvalue weighted by atomic mass is 9.52. The first-order valence-corrected chi connectivity index (χ1v) is 12.5. The summed E-state index contributed by atoms with van der Waals surface area (Å²) in [4.78, 5) is 13.7. The number of hydrogen-bond donors (Lipinski definition) is 0. The Hall–Kier alpha value is -2.21. The zero-order valence-electron chi connectivity index (χ0n) is 21.6. The van der Waals surface area contributed by atoms with E-state index in [0.29, 0.717) is 16.6 Å². The molecule has 1 saturated carbocycles. The summed E-state index contributed by atoms with van der Waals surface area (Å²) in [5, 5.41) is 0. The van der Waals surface area contributed by atoms with Gasteiger partial charge in [0.1, 0.15) is 0 Å². The maximum Gasteiger partial charge on any atom is 0.300 e. The highest BCUT2D eigenvalue weighted by Gasteiger charge is 2.47. The fourth-order valence-corrected chi connectivity index (χ4v) is 6.23. The van der Waals surface area contributed by atoms with Crippen molar-refractivity contribution in [3.63, 3.8) is 0 Å². The average molecular weight is 452 g/mol. The van der Waals surface area contributed by atoms with Gasteiger partial charge in [-0.25, -0.2) is 4.57 Å². The molecule has 2 aromatic heterocycles.